The van der Waals surface area contributed by atoms with Gasteiger partial charge in [0.1, 0.15) is 0 Å². The number of hydrogen-bond donors (Lipinski definition) is 0. The Hall–Kier alpha value is -2.14. The second kappa shape index (κ2) is 13.9. The highest BCUT2D eigenvalue weighted by Crippen LogP contribution is 2.15. The van der Waals surface area contributed by atoms with Gasteiger partial charge in [-0.05, 0) is 52.2 Å². The first kappa shape index (κ1) is 24.9. The van der Waals surface area contributed by atoms with E-state index in [1.54, 1.807) is 6.92 Å². The van der Waals surface area contributed by atoms with Crippen LogP contribution in [0.25, 0.3) is 0 Å². The number of esters is 1. The van der Waals surface area contributed by atoms with Crippen molar-refractivity contribution in [2.45, 2.75) is 53.9 Å². The van der Waals surface area contributed by atoms with Crippen molar-refractivity contribution in [3.63, 3.8) is 0 Å². The van der Waals surface area contributed by atoms with Crippen LogP contribution in [0.2, 0.25) is 0 Å². The summed E-state index contributed by atoms with van der Waals surface area (Å²) in [5.41, 5.74) is 2.51. The van der Waals surface area contributed by atoms with E-state index >= 15 is 0 Å². The number of amides is 1. The number of carbonyl (C=O) groups excluding carboxylic acids is 2. The molecular weight excluding hydrogens is 364 g/mol. The normalized spacial score (nSPS) is 17.6. The summed E-state index contributed by atoms with van der Waals surface area (Å²) >= 11 is 0. The van der Waals surface area contributed by atoms with E-state index in [1.165, 1.54) is 0 Å². The predicted molar refractivity (Wildman–Crippen MR) is 120 cm³/mol. The number of nitrogens with zero attached hydrogens (tertiary/aromatic N) is 2. The van der Waals surface area contributed by atoms with E-state index in [4.69, 9.17) is 4.74 Å². The molecule has 0 aromatic rings. The van der Waals surface area contributed by atoms with Crippen molar-refractivity contribution in [2.75, 3.05) is 39.3 Å². The molecule has 0 atom stereocenters. The molecule has 0 saturated carbocycles. The highest BCUT2D eigenvalue weighted by Gasteiger charge is 2.23. The van der Waals surface area contributed by atoms with Gasteiger partial charge in [0.25, 0.3) is 0 Å². The van der Waals surface area contributed by atoms with E-state index in [-0.39, 0.29) is 11.9 Å². The second-order valence-corrected chi connectivity index (χ2v) is 7.11. The summed E-state index contributed by atoms with van der Waals surface area (Å²) in [4.78, 5) is 28.7. The van der Waals surface area contributed by atoms with Crippen molar-refractivity contribution in [1.29, 1.82) is 0 Å². The van der Waals surface area contributed by atoms with Gasteiger partial charge in [-0.15, -0.1) is 0 Å². The molecule has 162 valence electrons. The van der Waals surface area contributed by atoms with E-state index in [9.17, 15) is 9.59 Å². The molecule has 0 spiro atoms. The monoisotopic (exact) mass is 402 g/mol. The van der Waals surface area contributed by atoms with Crippen LogP contribution in [0, 0.1) is 0 Å². The number of piperazine rings is 1. The molecule has 2 rings (SSSR count). The molecule has 1 aliphatic heterocycles. The summed E-state index contributed by atoms with van der Waals surface area (Å²) in [5.74, 6) is -0.0448. The Labute approximate surface area is 176 Å². The Balaban J connectivity index is 0.00000204. The fourth-order valence-corrected chi connectivity index (χ4v) is 3.23. The van der Waals surface area contributed by atoms with Gasteiger partial charge in [0.15, 0.2) is 0 Å². The van der Waals surface area contributed by atoms with Crippen LogP contribution in [0.5, 0.6) is 0 Å². The molecule has 1 aliphatic carbocycles. The summed E-state index contributed by atoms with van der Waals surface area (Å²) in [6.45, 7) is 14.5. The van der Waals surface area contributed by atoms with Gasteiger partial charge in [-0.2, -0.15) is 0 Å². The topological polar surface area (TPSA) is 49.9 Å². The van der Waals surface area contributed by atoms with E-state index in [1.807, 2.05) is 63.0 Å². The summed E-state index contributed by atoms with van der Waals surface area (Å²) < 4.78 is 5.35. The first-order valence-electron chi connectivity index (χ1n) is 10.9. The highest BCUT2D eigenvalue weighted by molar-refractivity contribution is 5.94. The molecule has 0 aromatic carbocycles. The maximum Gasteiger partial charge on any atom is 0.333 e. The molecule has 5 heteroatoms. The van der Waals surface area contributed by atoms with E-state index in [0.29, 0.717) is 12.2 Å². The molecule has 0 unspecified atom stereocenters. The number of hydrogen-bond acceptors (Lipinski definition) is 4. The standard InChI is InChI=1S/C22H32N2O3.C2H6/c1-4-9-18(2)19(3)22(26)27-17-8-7-12-23-13-15-24(16-14-23)21(25)20-10-5-6-11-20;1-2/h4-6,9-10H,7-8,11-17H2,1-3H3;1-2H3/b9-4-,19-18+;. The third kappa shape index (κ3) is 8.40. The van der Waals surface area contributed by atoms with Gasteiger partial charge >= 0.3 is 5.97 Å². The van der Waals surface area contributed by atoms with Crippen molar-refractivity contribution in [3.05, 3.63) is 47.1 Å². The van der Waals surface area contributed by atoms with E-state index in [0.717, 1.165) is 63.1 Å². The summed E-state index contributed by atoms with van der Waals surface area (Å²) in [6.07, 6.45) is 12.4. The van der Waals surface area contributed by atoms with Crippen molar-refractivity contribution >= 4 is 11.9 Å². The molecule has 5 nitrogen and oxygen atoms in total. The number of unbranched alkanes of at least 4 members (excludes halogenated alkanes) is 1. The lowest BCUT2D eigenvalue weighted by Gasteiger charge is -2.35. The van der Waals surface area contributed by atoms with Crippen molar-refractivity contribution in [1.82, 2.24) is 9.80 Å². The predicted octanol–water partition coefficient (Wildman–Crippen LogP) is 4.28. The van der Waals surface area contributed by atoms with Gasteiger partial charge in [-0.25, -0.2) is 4.79 Å². The number of allylic oxidation sites excluding steroid dienone is 6. The Morgan fingerprint density at radius 2 is 1.79 bits per heavy atom. The third-order valence-electron chi connectivity index (χ3n) is 5.12. The van der Waals surface area contributed by atoms with Crippen molar-refractivity contribution < 1.29 is 14.3 Å². The lowest BCUT2D eigenvalue weighted by Crippen LogP contribution is -2.49. The fraction of sp³-hybridized carbons (Fsp3) is 0.583. The minimum atomic E-state index is -0.228. The first-order chi connectivity index (χ1) is 14.0. The van der Waals surface area contributed by atoms with Gasteiger partial charge in [-0.1, -0.05) is 44.2 Å². The fourth-order valence-electron chi connectivity index (χ4n) is 3.23. The minimum Gasteiger partial charge on any atom is -0.462 e. The Morgan fingerprint density at radius 1 is 1.10 bits per heavy atom. The lowest BCUT2D eigenvalue weighted by atomic mass is 10.1. The molecule has 0 bridgehead atoms. The molecule has 1 saturated heterocycles. The van der Waals surface area contributed by atoms with Gasteiger partial charge in [-0.3, -0.25) is 9.69 Å². The molecular formula is C24H38N2O3. The average molecular weight is 403 g/mol. The zero-order chi connectivity index (χ0) is 21.6. The van der Waals surface area contributed by atoms with Gasteiger partial charge in [0.05, 0.1) is 6.61 Å². The zero-order valence-corrected chi connectivity index (χ0v) is 18.9. The maximum absolute atomic E-state index is 12.4. The largest absolute Gasteiger partial charge is 0.462 e. The van der Waals surface area contributed by atoms with Gasteiger partial charge < -0.3 is 9.64 Å². The van der Waals surface area contributed by atoms with Crippen LogP contribution >= 0.6 is 0 Å². The number of carbonyl (C=O) groups is 2. The van der Waals surface area contributed by atoms with Crippen LogP contribution in [0.4, 0.5) is 0 Å². The number of ether oxygens (including phenoxy) is 1. The molecule has 1 heterocycles. The maximum atomic E-state index is 12.4. The molecule has 1 amide bonds. The Bertz CT molecular complexity index is 651. The Kier molecular flexibility index (Phi) is 12.0. The van der Waals surface area contributed by atoms with Crippen LogP contribution in [-0.2, 0) is 14.3 Å². The first-order valence-corrected chi connectivity index (χ1v) is 10.9. The molecule has 0 radical (unpaired) electrons. The van der Waals surface area contributed by atoms with Gasteiger partial charge in [0.2, 0.25) is 5.91 Å². The summed E-state index contributed by atoms with van der Waals surface area (Å²) in [7, 11) is 0. The van der Waals surface area contributed by atoms with Crippen LogP contribution in [0.3, 0.4) is 0 Å². The molecule has 0 aromatic heterocycles. The van der Waals surface area contributed by atoms with Crippen molar-refractivity contribution in [2.24, 2.45) is 0 Å². The average Bonchev–Trinajstić information content (AvgIpc) is 3.29. The summed E-state index contributed by atoms with van der Waals surface area (Å²) in [5, 5.41) is 0. The highest BCUT2D eigenvalue weighted by atomic mass is 16.5. The molecule has 1 fully saturated rings. The van der Waals surface area contributed by atoms with Gasteiger partial charge in [0, 0.05) is 37.3 Å². The van der Waals surface area contributed by atoms with Crippen LogP contribution < -0.4 is 0 Å². The molecule has 29 heavy (non-hydrogen) atoms. The minimum absolute atomic E-state index is 0.184. The smallest absolute Gasteiger partial charge is 0.333 e. The lowest BCUT2D eigenvalue weighted by molar-refractivity contribution is -0.139. The number of rotatable bonds is 8. The quantitative estimate of drug-likeness (QED) is 0.263. The SMILES string of the molecule is C/C=C\C(C)=C(/C)C(=O)OCCCCN1CCN(C(=O)C2=CC=CC2)CC1.CC. The Morgan fingerprint density at radius 3 is 2.38 bits per heavy atom. The molecule has 2 aliphatic rings. The van der Waals surface area contributed by atoms with E-state index in [2.05, 4.69) is 4.90 Å². The third-order valence-corrected chi connectivity index (χ3v) is 5.12. The van der Waals surface area contributed by atoms with Crippen LogP contribution in [0.15, 0.2) is 47.1 Å². The zero-order valence-electron chi connectivity index (χ0n) is 18.9. The molecule has 0 N–H and O–H groups in total. The van der Waals surface area contributed by atoms with E-state index < -0.39 is 0 Å². The van der Waals surface area contributed by atoms with Crippen molar-refractivity contribution in [3.8, 4) is 0 Å². The van der Waals surface area contributed by atoms with Crippen LogP contribution in [-0.4, -0.2) is 61.0 Å². The second-order valence-electron chi connectivity index (χ2n) is 7.11. The summed E-state index contributed by atoms with van der Waals surface area (Å²) in [6, 6.07) is 0. The van der Waals surface area contributed by atoms with Crippen LogP contribution in [0.1, 0.15) is 53.9 Å².